The van der Waals surface area contributed by atoms with Crippen molar-refractivity contribution in [2.75, 3.05) is 5.32 Å². The van der Waals surface area contributed by atoms with Crippen LogP contribution >= 0.6 is 15.9 Å². The lowest BCUT2D eigenvalue weighted by molar-refractivity contribution is 0.517. The van der Waals surface area contributed by atoms with Crippen molar-refractivity contribution in [3.63, 3.8) is 0 Å². The van der Waals surface area contributed by atoms with Crippen LogP contribution in [0.15, 0.2) is 61.1 Å². The molecule has 0 saturated carbocycles. The van der Waals surface area contributed by atoms with Crippen LogP contribution in [0.1, 0.15) is 11.3 Å². The summed E-state index contributed by atoms with van der Waals surface area (Å²) in [5, 5.41) is 3.22. The Labute approximate surface area is 168 Å². The third-order valence-corrected chi connectivity index (χ3v) is 5.13. The number of rotatable bonds is 5. The molecule has 0 atom stereocenters. The van der Waals surface area contributed by atoms with Gasteiger partial charge in [-0.1, -0.05) is 28.1 Å². The van der Waals surface area contributed by atoms with E-state index in [2.05, 4.69) is 26.2 Å². The predicted molar refractivity (Wildman–Crippen MR) is 109 cm³/mol. The summed E-state index contributed by atoms with van der Waals surface area (Å²) < 4.78 is 10.6. The molecule has 3 aromatic heterocycles. The maximum Gasteiger partial charge on any atom is 0.332 e. The molecular formula is C19H18BrN5O3. The molecule has 8 nitrogen and oxygen atoms in total. The fraction of sp³-hybridized carbons (Fsp3) is 0.211. The quantitative estimate of drug-likeness (QED) is 0.511. The molecule has 0 saturated heterocycles. The first-order chi connectivity index (χ1) is 13.5. The second-order valence-electron chi connectivity index (χ2n) is 6.46. The number of hydrogen-bond acceptors (Lipinski definition) is 5. The number of imidazole rings is 1. The molecule has 0 aliphatic carbocycles. The Bertz CT molecular complexity index is 1250. The third kappa shape index (κ3) is 3.18. The van der Waals surface area contributed by atoms with E-state index >= 15 is 0 Å². The highest BCUT2D eigenvalue weighted by Gasteiger charge is 2.19. The van der Waals surface area contributed by atoms with E-state index in [-0.39, 0.29) is 5.56 Å². The van der Waals surface area contributed by atoms with Gasteiger partial charge in [0, 0.05) is 18.6 Å². The highest BCUT2D eigenvalue weighted by Crippen LogP contribution is 2.20. The Balaban J connectivity index is 1.87. The average Bonchev–Trinajstić information content (AvgIpc) is 3.33. The standard InChI is InChI=1S/C19H18BrN5O3/c1-23-16-15(17(26)24(2)19(23)27)25(11-12-5-7-13(20)8-6-12)18(22-16)21-10-14-4-3-9-28-14/h3-9H,10-11H2,1-2H3,(H,21,22). The molecule has 1 aromatic carbocycles. The second kappa shape index (κ2) is 7.16. The fourth-order valence-electron chi connectivity index (χ4n) is 3.09. The number of nitrogens with zero attached hydrogens (tertiary/aromatic N) is 4. The minimum Gasteiger partial charge on any atom is -0.467 e. The van der Waals surface area contributed by atoms with Gasteiger partial charge in [-0.15, -0.1) is 0 Å². The molecule has 3 heterocycles. The van der Waals surface area contributed by atoms with Crippen LogP contribution in [-0.2, 0) is 27.2 Å². The third-order valence-electron chi connectivity index (χ3n) is 4.60. The van der Waals surface area contributed by atoms with Crippen molar-refractivity contribution in [3.05, 3.63) is 79.3 Å². The summed E-state index contributed by atoms with van der Waals surface area (Å²) in [7, 11) is 3.08. The molecule has 9 heteroatoms. The zero-order valence-corrected chi connectivity index (χ0v) is 16.9. The van der Waals surface area contributed by atoms with Crippen LogP contribution in [0.5, 0.6) is 0 Å². The van der Waals surface area contributed by atoms with Crippen LogP contribution in [-0.4, -0.2) is 18.7 Å². The van der Waals surface area contributed by atoms with Gasteiger partial charge in [0.25, 0.3) is 5.56 Å². The topological polar surface area (TPSA) is 87.0 Å². The lowest BCUT2D eigenvalue weighted by Crippen LogP contribution is -2.37. The van der Waals surface area contributed by atoms with Gasteiger partial charge in [0.15, 0.2) is 11.2 Å². The van der Waals surface area contributed by atoms with Gasteiger partial charge < -0.3 is 9.73 Å². The maximum atomic E-state index is 12.8. The highest BCUT2D eigenvalue weighted by atomic mass is 79.9. The molecule has 28 heavy (non-hydrogen) atoms. The molecule has 4 rings (SSSR count). The van der Waals surface area contributed by atoms with Crippen molar-refractivity contribution in [2.45, 2.75) is 13.1 Å². The highest BCUT2D eigenvalue weighted by molar-refractivity contribution is 9.10. The van der Waals surface area contributed by atoms with E-state index in [1.165, 1.54) is 11.6 Å². The number of benzene rings is 1. The number of nitrogens with one attached hydrogen (secondary N) is 1. The van der Waals surface area contributed by atoms with E-state index in [1.807, 2.05) is 30.3 Å². The predicted octanol–water partition coefficient (Wildman–Crippen LogP) is 2.45. The van der Waals surface area contributed by atoms with Gasteiger partial charge in [-0.2, -0.15) is 4.98 Å². The van der Waals surface area contributed by atoms with Gasteiger partial charge in [0.2, 0.25) is 5.95 Å². The minimum absolute atomic E-state index is 0.340. The first kappa shape index (κ1) is 18.3. The summed E-state index contributed by atoms with van der Waals surface area (Å²) in [5.41, 5.74) is 0.915. The Morgan fingerprint density at radius 2 is 1.86 bits per heavy atom. The Morgan fingerprint density at radius 1 is 1.11 bits per heavy atom. The van der Waals surface area contributed by atoms with Gasteiger partial charge in [-0.3, -0.25) is 18.5 Å². The molecule has 0 aliphatic heterocycles. The van der Waals surface area contributed by atoms with E-state index in [4.69, 9.17) is 4.42 Å². The molecule has 0 bridgehead atoms. The molecule has 0 aliphatic rings. The Kier molecular flexibility index (Phi) is 4.68. The van der Waals surface area contributed by atoms with Gasteiger partial charge in [0.05, 0.1) is 19.4 Å². The Morgan fingerprint density at radius 3 is 2.54 bits per heavy atom. The fourth-order valence-corrected chi connectivity index (χ4v) is 3.35. The molecule has 0 amide bonds. The molecule has 0 unspecified atom stereocenters. The summed E-state index contributed by atoms with van der Waals surface area (Å²) in [6.45, 7) is 0.836. The van der Waals surface area contributed by atoms with Gasteiger partial charge >= 0.3 is 5.69 Å². The SMILES string of the molecule is Cn1c(=O)c2c(nc(NCc3ccco3)n2Cc2ccc(Br)cc2)n(C)c1=O. The van der Waals surface area contributed by atoms with Crippen LogP contribution in [0, 0.1) is 0 Å². The molecule has 4 aromatic rings. The summed E-state index contributed by atoms with van der Waals surface area (Å²) >= 11 is 3.43. The van der Waals surface area contributed by atoms with E-state index in [1.54, 1.807) is 23.9 Å². The summed E-state index contributed by atoms with van der Waals surface area (Å²) in [6, 6.07) is 11.5. The van der Waals surface area contributed by atoms with Crippen LogP contribution in [0.2, 0.25) is 0 Å². The van der Waals surface area contributed by atoms with Crippen LogP contribution in [0.4, 0.5) is 5.95 Å². The van der Waals surface area contributed by atoms with Gasteiger partial charge in [-0.25, -0.2) is 4.79 Å². The largest absolute Gasteiger partial charge is 0.467 e. The summed E-state index contributed by atoms with van der Waals surface area (Å²) in [5.74, 6) is 1.23. The number of furan rings is 1. The van der Waals surface area contributed by atoms with Gasteiger partial charge in [0.1, 0.15) is 5.76 Å². The van der Waals surface area contributed by atoms with E-state index in [0.29, 0.717) is 30.2 Å². The van der Waals surface area contributed by atoms with E-state index in [9.17, 15) is 9.59 Å². The number of halogens is 1. The number of hydrogen-bond donors (Lipinski definition) is 1. The van der Waals surface area contributed by atoms with Crippen molar-refractivity contribution < 1.29 is 4.42 Å². The van der Waals surface area contributed by atoms with Gasteiger partial charge in [-0.05, 0) is 29.8 Å². The first-order valence-electron chi connectivity index (χ1n) is 8.62. The normalized spacial score (nSPS) is 11.2. The zero-order valence-electron chi connectivity index (χ0n) is 15.3. The van der Waals surface area contributed by atoms with Crippen molar-refractivity contribution in [1.29, 1.82) is 0 Å². The average molecular weight is 444 g/mol. The number of aromatic nitrogens is 4. The van der Waals surface area contributed by atoms with Crippen LogP contribution in [0.3, 0.4) is 0 Å². The molecule has 0 fully saturated rings. The van der Waals surface area contributed by atoms with Crippen molar-refractivity contribution in [3.8, 4) is 0 Å². The second-order valence-corrected chi connectivity index (χ2v) is 7.37. The lowest BCUT2D eigenvalue weighted by atomic mass is 10.2. The number of anilines is 1. The molecule has 144 valence electrons. The van der Waals surface area contributed by atoms with Crippen LogP contribution in [0.25, 0.3) is 11.2 Å². The van der Waals surface area contributed by atoms with E-state index < -0.39 is 5.69 Å². The molecule has 0 spiro atoms. The molecule has 0 radical (unpaired) electrons. The maximum absolute atomic E-state index is 12.8. The monoisotopic (exact) mass is 443 g/mol. The first-order valence-corrected chi connectivity index (χ1v) is 9.42. The van der Waals surface area contributed by atoms with Crippen molar-refractivity contribution >= 4 is 33.0 Å². The Hall–Kier alpha value is -3.07. The molecule has 1 N–H and O–H groups in total. The van der Waals surface area contributed by atoms with Crippen molar-refractivity contribution in [2.24, 2.45) is 14.1 Å². The summed E-state index contributed by atoms with van der Waals surface area (Å²) in [4.78, 5) is 29.7. The summed E-state index contributed by atoms with van der Waals surface area (Å²) in [6.07, 6.45) is 1.60. The lowest BCUT2D eigenvalue weighted by Gasteiger charge is -2.11. The molecular weight excluding hydrogens is 426 g/mol. The smallest absolute Gasteiger partial charge is 0.332 e. The zero-order chi connectivity index (χ0) is 19.8. The minimum atomic E-state index is -0.414. The van der Waals surface area contributed by atoms with Crippen molar-refractivity contribution in [1.82, 2.24) is 18.7 Å². The van der Waals surface area contributed by atoms with Crippen LogP contribution < -0.4 is 16.6 Å². The van der Waals surface area contributed by atoms with E-state index in [0.717, 1.165) is 20.4 Å². The number of fused-ring (bicyclic) bond motifs is 1. The number of aryl methyl sites for hydroxylation is 1.